The molecule has 0 N–H and O–H groups in total. The molecule has 126 heavy (non-hydrogen) atoms. The number of rotatable bonds is 6. The smallest absolute Gasteiger partial charge is 0.119 e. The van der Waals surface area contributed by atoms with E-state index in [1.54, 1.807) is 0 Å². The van der Waals surface area contributed by atoms with Crippen LogP contribution in [0.3, 0.4) is 0 Å². The summed E-state index contributed by atoms with van der Waals surface area (Å²) in [7, 11) is 10.2. The number of ether oxygens (including phenoxy) is 6. The van der Waals surface area contributed by atoms with Gasteiger partial charge in [-0.05, 0) is 483 Å². The summed E-state index contributed by atoms with van der Waals surface area (Å²) in [6.07, 6.45) is -105. The van der Waals surface area contributed by atoms with Crippen LogP contribution >= 0.6 is 0 Å². The highest BCUT2D eigenvalue weighted by molar-refractivity contribution is 5.52. The molecule has 6 saturated carbocycles. The predicted octanol–water partition coefficient (Wildman–Crippen LogP) is 21.8. The van der Waals surface area contributed by atoms with Gasteiger partial charge in [0.15, 0.2) is 0 Å². The second-order valence-electron chi connectivity index (χ2n) is 31.4. The molecule has 12 nitrogen and oxygen atoms in total. The molecule has 12 aliphatic carbocycles. The molecule has 12 bridgehead atoms. The summed E-state index contributed by atoms with van der Waals surface area (Å²) in [5.41, 5.74) is -30.2. The van der Waals surface area contributed by atoms with Gasteiger partial charge in [0, 0.05) is 195 Å². The number of likely N-dealkylation sites (N-methyl/N-ethyl adjacent to an activating group) is 6. The molecule has 0 spiro atoms. The van der Waals surface area contributed by atoms with Gasteiger partial charge in [0.25, 0.3) is 0 Å². The van der Waals surface area contributed by atoms with E-state index in [1.165, 1.54) is 26.4 Å². The number of fused-ring (bicyclic) bond motifs is 6. The van der Waals surface area contributed by atoms with Crippen LogP contribution in [0.1, 0.15) is 396 Å². The zero-order chi connectivity index (χ0) is 175. The van der Waals surface area contributed by atoms with Crippen LogP contribution in [0.2, 0.25) is 0 Å². The number of piperidine rings is 6. The Balaban J connectivity index is 0.000000157. The monoisotopic (exact) mass is 1810 g/mol. The fourth-order valence-electron chi connectivity index (χ4n) is 17.2. The number of benzene rings is 6. The molecule has 0 aromatic heterocycles. The number of hydrogen-bond acceptors (Lipinski definition) is 12. The van der Waals surface area contributed by atoms with E-state index in [9.17, 15) is 16.4 Å². The van der Waals surface area contributed by atoms with Gasteiger partial charge < -0.3 is 57.8 Å². The first-order valence-electron chi connectivity index (χ1n) is 89.0. The second kappa shape index (κ2) is 35.4. The molecular formula is C114H162N6O6. The number of methoxy groups -OCH3 is 6. The summed E-state index contributed by atoms with van der Waals surface area (Å²) < 4.78 is 903. The molecule has 6 aromatic carbocycles. The maximum absolute atomic E-state index is 9.66. The molecule has 6 aliphatic heterocycles. The summed E-state index contributed by atoms with van der Waals surface area (Å²) in [5.74, 6) is -43.3. The third-order valence-corrected chi connectivity index (χ3v) is 23.7. The third-order valence-electron chi connectivity index (χ3n) is 23.7. The Hall–Kier alpha value is -6.12. The van der Waals surface area contributed by atoms with E-state index in [-0.39, 0.29) is 32.8 Å². The molecule has 6 saturated heterocycles. The van der Waals surface area contributed by atoms with Gasteiger partial charge in [0.05, 0.1) is 50.9 Å². The van der Waals surface area contributed by atoms with Crippen molar-refractivity contribution < 1.29 is 163 Å². The average molecular weight is 1810 g/mol. The number of nitrogens with zero attached hydrogens (tertiary/aromatic N) is 6. The summed E-state index contributed by atoms with van der Waals surface area (Å²) in [6.45, 7) is -25.3. The normalized spacial score (nSPS) is 74.3. The van der Waals surface area contributed by atoms with Crippen molar-refractivity contribution in [1.82, 2.24) is 29.4 Å². The van der Waals surface area contributed by atoms with E-state index in [2.05, 4.69) is 0 Å². The van der Waals surface area contributed by atoms with E-state index in [1.807, 2.05) is 0 Å². The van der Waals surface area contributed by atoms with E-state index in [0.717, 1.165) is 131 Å². The van der Waals surface area contributed by atoms with Crippen LogP contribution in [0.4, 0.5) is 0 Å². The Morgan fingerprint density at radius 3 is 0.754 bits per heavy atom. The molecule has 6 aromatic rings. The molecule has 24 rings (SSSR count). The van der Waals surface area contributed by atoms with Gasteiger partial charge in [-0.25, -0.2) is 0 Å². The van der Waals surface area contributed by atoms with Crippen molar-refractivity contribution in [2.24, 2.45) is 70.7 Å². The highest BCUT2D eigenvalue weighted by Crippen LogP contribution is 2.64. The predicted molar refractivity (Wildman–Crippen MR) is 515 cm³/mol. The van der Waals surface area contributed by atoms with Crippen LogP contribution in [0.15, 0.2) is 109 Å². The molecule has 24 atom stereocenters. The van der Waals surface area contributed by atoms with Crippen LogP contribution < -0.4 is 28.4 Å². The Kier molecular flexibility index (Phi) is 8.57. The number of likely N-dealkylation sites (tertiary alicyclic amines) is 6. The van der Waals surface area contributed by atoms with Crippen LogP contribution in [0, 0.1) is 70.7 Å². The van der Waals surface area contributed by atoms with Gasteiger partial charge in [-0.15, -0.1) is 0 Å². The minimum atomic E-state index is -4.04. The minimum Gasteiger partial charge on any atom is -0.497 e. The minimum absolute atomic E-state index is 0.0785. The Labute approximate surface area is 899 Å². The lowest BCUT2D eigenvalue weighted by Gasteiger charge is -2.59. The topological polar surface area (TPSA) is 74.8 Å². The lowest BCUT2D eigenvalue weighted by atomic mass is 9.51. The first-order chi connectivity index (χ1) is 98.3. The third kappa shape index (κ3) is 15.4. The van der Waals surface area contributed by atoms with Crippen molar-refractivity contribution in [3.63, 3.8) is 0 Å². The van der Waals surface area contributed by atoms with Crippen LogP contribution in [0.5, 0.6) is 34.5 Å². The summed E-state index contributed by atoms with van der Waals surface area (Å²) in [6, 6.07) is -12.9. The zero-order valence-corrected chi connectivity index (χ0v) is 71.5. The SMILES string of the molecule is [2H]C([2H])([2H])N1C([2H])([2H])C([2H])([2H])[C@]23c4cc(OC)ccc4C([2H])([2H])[C@@]1([2H])[C@@]2([2H])C([2H])([2H])C([2H])(C)C([2H])([2H])C3([2H])[2H].[2H]C([2H])([2H])N1C([2H])([2H])C([2H])([2H])[C@]23c4cc(OC)ccc4C([2H])([2H])[C@@]1([2H])[C@@]2([2H])C([2H])([2H])C([2H])(C)C([2H])([2H])C3([2H])[2H].[2H]C1([2H])N(C)[C@@]2([2H])C([2H])([2H])c3ccc(OC)cc3[C@]3(C1([2H])[2H])C([2H])([2H])C([2H])([2H])C([2H])(C)C([2H])([2H])[C@@]32[2H].[2H]C1([2H])N(C)[C@@]2([2H])C([2H])([2H])c3ccc(OC)cc3[C@]3(C1([2H])[2H])C([2H])([2H])C([2H])([2H])C([2H])(C)C([2H])([2H])[C@@]32[2H].[2H]c1c([2H])c(OC)c([2H])c2c1C[C@]1([2H])N(C)C([2H])([2H])C([2H])([2H])[C@]23C([2H])([2H])C([2H])([2H])C([2H])(C)C([2H])([2H])[C@@]31[2H].[2H]c1c([2H])c(OC)c([2H])c2c1C[C@]1([2H])N(C)C([2H])([2H])C([2H])([2H])[C@]23C([2H])([2H])C([2H])([2H])C([2H])(C)C([2H])([2H])[C@@]31[2H]. The summed E-state index contributed by atoms with van der Waals surface area (Å²) >= 11 is 0. The van der Waals surface area contributed by atoms with Crippen LogP contribution in [0.25, 0.3) is 0 Å². The quantitative estimate of drug-likeness (QED) is 0.159. The molecule has 12 fully saturated rings. The molecule has 0 amide bonds. The highest BCUT2D eigenvalue weighted by atomic mass is 16.5. The zero-order valence-electron chi connectivity index (χ0n) is 169. The van der Waals surface area contributed by atoms with Crippen molar-refractivity contribution in [2.45, 2.75) is 301 Å². The Bertz CT molecular complexity index is 9510. The maximum atomic E-state index is 9.66. The first-order valence-corrected chi connectivity index (χ1v) is 40.0. The fourth-order valence-corrected chi connectivity index (χ4v) is 17.2. The molecular weight excluding hydrogens is 1550 g/mol. The van der Waals surface area contributed by atoms with Crippen molar-refractivity contribution in [3.8, 4) is 34.5 Å². The van der Waals surface area contributed by atoms with Crippen molar-refractivity contribution in [3.05, 3.63) is 176 Å². The van der Waals surface area contributed by atoms with E-state index < -0.39 is 508 Å². The fraction of sp³-hybridized carbons (Fsp3) is 0.684. The molecule has 0 radical (unpaired) electrons. The number of hydrogen-bond donors (Lipinski definition) is 0. The Morgan fingerprint density at radius 1 is 0.286 bits per heavy atom. The molecule has 12 heteroatoms. The average Bonchev–Trinajstić information content (AvgIpc) is 0.591. The van der Waals surface area contributed by atoms with Crippen molar-refractivity contribution >= 4 is 0 Å². The highest BCUT2D eigenvalue weighted by Gasteiger charge is 2.61. The van der Waals surface area contributed by atoms with E-state index in [0.29, 0.717) is 37.5 Å². The van der Waals surface area contributed by atoms with Gasteiger partial charge in [0.1, 0.15) is 34.5 Å². The van der Waals surface area contributed by atoms with Gasteiger partial charge in [-0.1, -0.05) is 77.9 Å². The summed E-state index contributed by atoms with van der Waals surface area (Å²) in [4.78, 5) is 0.325. The summed E-state index contributed by atoms with van der Waals surface area (Å²) in [5, 5.41) is 0. The maximum Gasteiger partial charge on any atom is 0.119 e. The van der Waals surface area contributed by atoms with E-state index >= 15 is 0 Å². The largest absolute Gasteiger partial charge is 0.497 e. The van der Waals surface area contributed by atoms with Crippen molar-refractivity contribution in [1.29, 1.82) is 0 Å². The van der Waals surface area contributed by atoms with Gasteiger partial charge in [-0.3, -0.25) is 0 Å². The van der Waals surface area contributed by atoms with Crippen LogP contribution in [-0.2, 0) is 70.8 Å². The molecule has 6 unspecified atom stereocenters. The van der Waals surface area contributed by atoms with Crippen LogP contribution in [-0.4, -0.2) is 189 Å². The Morgan fingerprint density at radius 2 is 0.508 bits per heavy atom. The second-order valence-corrected chi connectivity index (χ2v) is 31.4. The van der Waals surface area contributed by atoms with Gasteiger partial charge in [0.2, 0.25) is 0 Å². The molecule has 684 valence electrons. The van der Waals surface area contributed by atoms with E-state index in [4.69, 9.17) is 146 Å². The molecule has 6 heterocycles. The van der Waals surface area contributed by atoms with Gasteiger partial charge >= 0.3 is 0 Å². The first kappa shape index (κ1) is 30.4. The van der Waals surface area contributed by atoms with Gasteiger partial charge in [-0.2, -0.15) is 0 Å². The lowest BCUT2D eigenvalue weighted by Crippen LogP contribution is -2.60. The standard InChI is InChI=1S/6C19H27NO/c6*1-13-6-7-19-8-9-20(2)18(17(19)10-13)11-14-4-5-15(21-3)12-16(14)19/h6*4-5,12-13,17-18H,6-11H2,1-3H3/t6*13?,17-,18+,19-/m111111/s1/i2*4D,5D,6D2,7D2,8D2,9D2,10D2,12D,13D,17D,18D;2*2D3,6D2,7D2,8D2,9D2,10D2,11D2,13D,17D,18D;2*6D2,7D2,8D2,9D2,10D2,11D2,13D,17D,18D. The molecule has 18 aliphatic rings. The van der Waals surface area contributed by atoms with Crippen molar-refractivity contribution in [2.75, 3.05) is 124 Å². The lowest BCUT2D eigenvalue weighted by molar-refractivity contribution is -0.0112.